The maximum atomic E-state index is 11.6. The molecule has 0 radical (unpaired) electrons. The first kappa shape index (κ1) is 15.0. The van der Waals surface area contributed by atoms with Gasteiger partial charge in [0.05, 0.1) is 0 Å². The zero-order valence-corrected chi connectivity index (χ0v) is 12.2. The van der Waals surface area contributed by atoms with Crippen molar-refractivity contribution >= 4 is 5.91 Å². The molecule has 1 unspecified atom stereocenters. The average Bonchev–Trinajstić information content (AvgIpc) is 2.53. The van der Waals surface area contributed by atoms with Gasteiger partial charge in [-0.05, 0) is 31.5 Å². The number of carbonyl (C=O) groups excluding carboxylic acids is 1. The second kappa shape index (κ2) is 7.41. The summed E-state index contributed by atoms with van der Waals surface area (Å²) in [6.45, 7) is 3.63. The van der Waals surface area contributed by atoms with Crippen molar-refractivity contribution in [1.29, 1.82) is 0 Å². The lowest BCUT2D eigenvalue weighted by Gasteiger charge is -2.33. The summed E-state index contributed by atoms with van der Waals surface area (Å²) in [4.78, 5) is 14.1. The van der Waals surface area contributed by atoms with Gasteiger partial charge in [0.2, 0.25) is 5.91 Å². The Kier molecular flexibility index (Phi) is 5.56. The van der Waals surface area contributed by atoms with Crippen molar-refractivity contribution in [2.75, 3.05) is 33.2 Å². The second-order valence-electron chi connectivity index (χ2n) is 5.53. The fourth-order valence-electron chi connectivity index (χ4n) is 2.93. The Hall–Kier alpha value is -1.39. The van der Waals surface area contributed by atoms with Crippen LogP contribution in [0, 0.1) is 5.92 Å². The second-order valence-corrected chi connectivity index (χ2v) is 5.53. The van der Waals surface area contributed by atoms with Gasteiger partial charge in [-0.1, -0.05) is 30.3 Å². The van der Waals surface area contributed by atoms with Crippen LogP contribution in [0.5, 0.6) is 0 Å². The number of nitrogens with zero attached hydrogens (tertiary/aromatic N) is 1. The molecule has 0 bridgehead atoms. The van der Waals surface area contributed by atoms with E-state index in [-0.39, 0.29) is 11.8 Å². The smallest absolute Gasteiger partial charge is 0.222 e. The van der Waals surface area contributed by atoms with Crippen molar-refractivity contribution in [3.63, 3.8) is 0 Å². The van der Waals surface area contributed by atoms with Gasteiger partial charge in [0.25, 0.3) is 0 Å². The third kappa shape index (κ3) is 3.81. The van der Waals surface area contributed by atoms with Crippen molar-refractivity contribution in [3.8, 4) is 0 Å². The highest BCUT2D eigenvalue weighted by molar-refractivity contribution is 5.78. The standard InChI is InChI=1S/C16H25N3O/c1-18-16(20)14-7-9-19(10-8-14)12-15(11-17)13-5-3-2-4-6-13/h2-6,14-15H,7-12,17H2,1H3,(H,18,20). The SMILES string of the molecule is CNC(=O)C1CCN(CC(CN)c2ccccc2)CC1. The molecule has 0 spiro atoms. The zero-order valence-electron chi connectivity index (χ0n) is 12.2. The van der Waals surface area contributed by atoms with Crippen LogP contribution in [0.3, 0.4) is 0 Å². The Morgan fingerprint density at radius 3 is 2.55 bits per heavy atom. The van der Waals surface area contributed by atoms with Crippen LogP contribution in [0.15, 0.2) is 30.3 Å². The van der Waals surface area contributed by atoms with E-state index in [4.69, 9.17) is 5.73 Å². The van der Waals surface area contributed by atoms with Crippen molar-refractivity contribution in [2.24, 2.45) is 11.7 Å². The van der Waals surface area contributed by atoms with Gasteiger partial charge in [0.1, 0.15) is 0 Å². The zero-order chi connectivity index (χ0) is 14.4. The third-order valence-electron chi connectivity index (χ3n) is 4.24. The van der Waals surface area contributed by atoms with Crippen LogP contribution in [0.25, 0.3) is 0 Å². The number of hydrogen-bond donors (Lipinski definition) is 2. The summed E-state index contributed by atoms with van der Waals surface area (Å²) in [6, 6.07) is 10.5. The largest absolute Gasteiger partial charge is 0.359 e. The molecule has 4 heteroatoms. The Morgan fingerprint density at radius 2 is 2.00 bits per heavy atom. The third-order valence-corrected chi connectivity index (χ3v) is 4.24. The van der Waals surface area contributed by atoms with Crippen LogP contribution in [-0.2, 0) is 4.79 Å². The molecule has 1 aliphatic rings. The molecule has 0 aromatic heterocycles. The fourth-order valence-corrected chi connectivity index (χ4v) is 2.93. The molecule has 1 aliphatic heterocycles. The van der Waals surface area contributed by atoms with Gasteiger partial charge >= 0.3 is 0 Å². The number of hydrogen-bond acceptors (Lipinski definition) is 3. The van der Waals surface area contributed by atoms with E-state index >= 15 is 0 Å². The van der Waals surface area contributed by atoms with E-state index < -0.39 is 0 Å². The van der Waals surface area contributed by atoms with Gasteiger partial charge in [-0.2, -0.15) is 0 Å². The van der Waals surface area contributed by atoms with Crippen LogP contribution in [0.4, 0.5) is 0 Å². The number of nitrogens with one attached hydrogen (secondary N) is 1. The van der Waals surface area contributed by atoms with E-state index in [2.05, 4.69) is 34.5 Å². The lowest BCUT2D eigenvalue weighted by Crippen LogP contribution is -2.41. The number of rotatable bonds is 5. The van der Waals surface area contributed by atoms with Crippen LogP contribution in [0.1, 0.15) is 24.3 Å². The van der Waals surface area contributed by atoms with Gasteiger partial charge in [0.15, 0.2) is 0 Å². The van der Waals surface area contributed by atoms with Crippen LogP contribution in [0.2, 0.25) is 0 Å². The first-order valence-corrected chi connectivity index (χ1v) is 7.43. The molecule has 2 rings (SSSR count). The monoisotopic (exact) mass is 275 g/mol. The quantitative estimate of drug-likeness (QED) is 0.848. The van der Waals surface area contributed by atoms with E-state index in [1.165, 1.54) is 5.56 Å². The summed E-state index contributed by atoms with van der Waals surface area (Å²) in [6.07, 6.45) is 1.90. The highest BCUT2D eigenvalue weighted by atomic mass is 16.1. The number of carbonyl (C=O) groups is 1. The summed E-state index contributed by atoms with van der Waals surface area (Å²) >= 11 is 0. The van der Waals surface area contributed by atoms with Gasteiger partial charge in [-0.15, -0.1) is 0 Å². The molecule has 1 atom stereocenters. The topological polar surface area (TPSA) is 58.4 Å². The molecule has 1 aromatic carbocycles. The number of amides is 1. The van der Waals surface area contributed by atoms with E-state index in [1.807, 2.05) is 6.07 Å². The minimum atomic E-state index is 0.183. The number of nitrogens with two attached hydrogens (primary N) is 1. The van der Waals surface area contributed by atoms with Crippen molar-refractivity contribution in [3.05, 3.63) is 35.9 Å². The summed E-state index contributed by atoms with van der Waals surface area (Å²) in [5.74, 6) is 0.750. The van der Waals surface area contributed by atoms with Crippen molar-refractivity contribution in [2.45, 2.75) is 18.8 Å². The van der Waals surface area contributed by atoms with Crippen molar-refractivity contribution in [1.82, 2.24) is 10.2 Å². The Morgan fingerprint density at radius 1 is 1.35 bits per heavy atom. The summed E-state index contributed by atoms with van der Waals surface area (Å²) < 4.78 is 0. The van der Waals surface area contributed by atoms with Crippen LogP contribution >= 0.6 is 0 Å². The van der Waals surface area contributed by atoms with Gasteiger partial charge in [-0.3, -0.25) is 4.79 Å². The Labute approximate surface area is 121 Å². The minimum Gasteiger partial charge on any atom is -0.359 e. The summed E-state index contributed by atoms with van der Waals surface area (Å²) in [7, 11) is 1.72. The first-order chi connectivity index (χ1) is 9.74. The molecule has 3 N–H and O–H groups in total. The normalized spacial score (nSPS) is 18.7. The van der Waals surface area contributed by atoms with Gasteiger partial charge in [-0.25, -0.2) is 0 Å². The van der Waals surface area contributed by atoms with Gasteiger partial charge < -0.3 is 16.0 Å². The van der Waals surface area contributed by atoms with Crippen molar-refractivity contribution < 1.29 is 4.79 Å². The predicted octanol–water partition coefficient (Wildman–Crippen LogP) is 1.19. The van der Waals surface area contributed by atoms with Crippen LogP contribution < -0.4 is 11.1 Å². The summed E-state index contributed by atoms with van der Waals surface area (Å²) in [5, 5.41) is 2.75. The first-order valence-electron chi connectivity index (χ1n) is 7.43. The molecule has 1 fully saturated rings. The van der Waals surface area contributed by atoms with Crippen LogP contribution in [-0.4, -0.2) is 44.0 Å². The molecule has 0 aliphatic carbocycles. The number of piperidine rings is 1. The Bertz CT molecular complexity index is 413. The molecule has 1 saturated heterocycles. The molecule has 110 valence electrons. The predicted molar refractivity (Wildman–Crippen MR) is 81.5 cm³/mol. The van der Waals surface area contributed by atoms with E-state index in [9.17, 15) is 4.79 Å². The molecular formula is C16H25N3O. The average molecular weight is 275 g/mol. The van der Waals surface area contributed by atoms with E-state index in [1.54, 1.807) is 7.05 Å². The van der Waals surface area contributed by atoms with Gasteiger partial charge in [0, 0.05) is 32.0 Å². The molecular weight excluding hydrogens is 250 g/mol. The molecule has 1 heterocycles. The highest BCUT2D eigenvalue weighted by Crippen LogP contribution is 2.21. The van der Waals surface area contributed by atoms with E-state index in [0.29, 0.717) is 12.5 Å². The van der Waals surface area contributed by atoms with E-state index in [0.717, 1.165) is 32.5 Å². The molecule has 0 saturated carbocycles. The maximum Gasteiger partial charge on any atom is 0.222 e. The lowest BCUT2D eigenvalue weighted by atomic mass is 9.93. The maximum absolute atomic E-state index is 11.6. The highest BCUT2D eigenvalue weighted by Gasteiger charge is 2.25. The minimum absolute atomic E-state index is 0.183. The lowest BCUT2D eigenvalue weighted by molar-refractivity contribution is -0.125. The number of benzene rings is 1. The molecule has 4 nitrogen and oxygen atoms in total. The molecule has 1 aromatic rings. The molecule has 1 amide bonds. The number of likely N-dealkylation sites (tertiary alicyclic amines) is 1. The molecule has 20 heavy (non-hydrogen) atoms. The summed E-state index contributed by atoms with van der Waals surface area (Å²) in [5.41, 5.74) is 7.24. The Balaban J connectivity index is 1.86. The fraction of sp³-hybridized carbons (Fsp3) is 0.562.